The first-order valence-electron chi connectivity index (χ1n) is 22.3. The van der Waals surface area contributed by atoms with E-state index < -0.39 is 27.6 Å². The Balaban J connectivity index is -0.0000000577. The maximum absolute atomic E-state index is 11.6. The molecule has 0 aliphatic rings. The van der Waals surface area contributed by atoms with Gasteiger partial charge in [0, 0.05) is 59.4 Å². The number of alkyl halides is 8. The fraction of sp³-hybridized carbons (Fsp3) is 0.569. The van der Waals surface area contributed by atoms with Crippen molar-refractivity contribution in [3.05, 3.63) is 131 Å². The minimum absolute atomic E-state index is 0. The topological polar surface area (TPSA) is 60.4 Å². The van der Waals surface area contributed by atoms with Crippen LogP contribution < -0.4 is 0 Å². The molecule has 0 heterocycles. The number of hydrogen-bond donors (Lipinski definition) is 0. The zero-order chi connectivity index (χ0) is 57.8. The molecule has 4 aromatic carbocycles. The molecule has 0 atom stereocenters. The molecule has 0 bridgehead atoms. The number of halogens is 8. The standard InChI is InChI=1S/C14H14.2C7H7.C5H6F6.C5H12.C3H6O.2C3H8.C2H5F.C2H6O2S.C2H6O.C2H6S.CH3F.2CH4.Y/c1-11-3-7-13(8-4-11)14-9-5-12(2)6-10-14;2*1-7-5-3-2-4-6-7;1-3(2,4(6,7)8)5(9,10)11;1-5(2,3)4;1-3(2)4;2*1-3-2;1-2-3;1-5(2,3)4;2*1-3-2;1-2;;;/h3-10H,1-2H3;2*3-6H,1H3;1-2H3;1-4H3;1-2H3;2*3H2,1-2H3;2H2,1H3;1-2H3;2*1-2H3;1H3;2*1H4;/q;2*-1;;;;;;;;;;;;;. The van der Waals surface area contributed by atoms with E-state index in [-0.39, 0.29) is 73.9 Å². The summed E-state index contributed by atoms with van der Waals surface area (Å²) in [5, 5.41) is 0. The Morgan fingerprint density at radius 3 is 0.753 bits per heavy atom. The van der Waals surface area contributed by atoms with Crippen molar-refractivity contribution in [1.82, 2.24) is 0 Å². The zero-order valence-electron chi connectivity index (χ0n) is 47.9. The van der Waals surface area contributed by atoms with Gasteiger partial charge in [0.25, 0.3) is 0 Å². The molecule has 0 saturated carbocycles. The van der Waals surface area contributed by atoms with E-state index in [1.807, 2.05) is 61.0 Å². The first-order valence-corrected chi connectivity index (χ1v) is 26.3. The number of Topliss-reactive ketones (excluding diaryl/α,β-unsaturated/α-hetero) is 1. The Morgan fingerprint density at radius 2 is 0.671 bits per heavy atom. The molecule has 4 aromatic rings. The number of ether oxygens (including phenoxy) is 1. The van der Waals surface area contributed by atoms with Crippen LogP contribution in [0, 0.1) is 50.7 Å². The maximum atomic E-state index is 11.6. The Hall–Kier alpha value is -2.65. The van der Waals surface area contributed by atoms with E-state index in [0.717, 1.165) is 12.5 Å². The fourth-order valence-electron chi connectivity index (χ4n) is 2.59. The molecule has 1 radical (unpaired) electrons. The van der Waals surface area contributed by atoms with Crippen molar-refractivity contribution in [3.8, 4) is 11.1 Å². The predicted octanol–water partition coefficient (Wildman–Crippen LogP) is 19.9. The van der Waals surface area contributed by atoms with Gasteiger partial charge in [0.1, 0.15) is 15.6 Å². The molecular weight excluding hydrogens is 1070 g/mol. The van der Waals surface area contributed by atoms with Gasteiger partial charge >= 0.3 is 12.4 Å². The van der Waals surface area contributed by atoms with Crippen LogP contribution in [0.5, 0.6) is 0 Å². The molecule has 0 fully saturated rings. The van der Waals surface area contributed by atoms with E-state index in [1.165, 1.54) is 67.0 Å². The molecule has 73 heavy (non-hydrogen) atoms. The van der Waals surface area contributed by atoms with Crippen molar-refractivity contribution in [2.75, 3.05) is 53.1 Å². The molecule has 4 nitrogen and oxygen atoms in total. The molecule has 4 rings (SSSR count). The minimum atomic E-state index is -5.24. The summed E-state index contributed by atoms with van der Waals surface area (Å²) in [6.45, 7) is 30.1. The van der Waals surface area contributed by atoms with Gasteiger partial charge in [-0.15, -0.1) is 0 Å². The van der Waals surface area contributed by atoms with Crippen LogP contribution in [0.1, 0.15) is 140 Å². The Kier molecular flexibility index (Phi) is 86.6. The van der Waals surface area contributed by atoms with Crippen molar-refractivity contribution in [2.24, 2.45) is 10.8 Å². The molecule has 15 heteroatoms. The first kappa shape index (κ1) is 99.4. The summed E-state index contributed by atoms with van der Waals surface area (Å²) in [6.07, 6.45) is -1.59. The molecule has 0 aliphatic heterocycles. The van der Waals surface area contributed by atoms with Crippen LogP contribution in [0.3, 0.4) is 0 Å². The molecule has 0 amide bonds. The predicted molar refractivity (Wildman–Crippen MR) is 306 cm³/mol. The number of rotatable bonds is 1. The number of thioether (sulfide) groups is 1. The van der Waals surface area contributed by atoms with Crippen LogP contribution >= 0.6 is 11.8 Å². The van der Waals surface area contributed by atoms with Gasteiger partial charge in [0.2, 0.25) is 0 Å². The van der Waals surface area contributed by atoms with Crippen LogP contribution in [-0.2, 0) is 52.1 Å². The number of methoxy groups -OCH3 is 1. The van der Waals surface area contributed by atoms with Gasteiger partial charge in [0.15, 0.2) is 5.41 Å². The number of carbonyl (C=O) groups excluding carboxylic acids is 1. The molecule has 0 spiro atoms. The zero-order valence-corrected chi connectivity index (χ0v) is 52.4. The van der Waals surface area contributed by atoms with Crippen LogP contribution in [0.25, 0.3) is 11.1 Å². The normalized spacial score (nSPS) is 9.21. The van der Waals surface area contributed by atoms with Gasteiger partial charge in [0.05, 0.1) is 13.9 Å². The summed E-state index contributed by atoms with van der Waals surface area (Å²) in [5.41, 5.74) is 4.64. The summed E-state index contributed by atoms with van der Waals surface area (Å²) < 4.78 is 113. The molecule has 0 aromatic heterocycles. The fourth-order valence-corrected chi connectivity index (χ4v) is 2.59. The molecular formula is C58H102F8O4S2Y-2. The summed E-state index contributed by atoms with van der Waals surface area (Å²) >= 11 is 1.75. The minimum Gasteiger partial charge on any atom is -0.388 e. The van der Waals surface area contributed by atoms with E-state index in [0.29, 0.717) is 12.6 Å². The van der Waals surface area contributed by atoms with Crippen molar-refractivity contribution >= 4 is 27.4 Å². The summed E-state index contributed by atoms with van der Waals surface area (Å²) in [4.78, 5) is 9.44. The Bertz CT molecular complexity index is 1610. The molecule has 0 saturated heterocycles. The molecule has 0 aliphatic carbocycles. The Morgan fingerprint density at radius 1 is 0.548 bits per heavy atom. The van der Waals surface area contributed by atoms with Gasteiger partial charge in [-0.2, -0.15) is 110 Å². The van der Waals surface area contributed by atoms with Crippen molar-refractivity contribution < 1.29 is 85.8 Å². The van der Waals surface area contributed by atoms with E-state index in [1.54, 1.807) is 26.0 Å². The van der Waals surface area contributed by atoms with Gasteiger partial charge < -0.3 is 9.53 Å². The van der Waals surface area contributed by atoms with Crippen LogP contribution in [0.2, 0.25) is 0 Å². The quantitative estimate of drug-likeness (QED) is 0.140. The second-order valence-electron chi connectivity index (χ2n) is 17.1. The monoisotopic (exact) mass is 1170 g/mol. The van der Waals surface area contributed by atoms with Crippen molar-refractivity contribution in [1.29, 1.82) is 0 Å². The van der Waals surface area contributed by atoms with E-state index in [2.05, 4.69) is 148 Å². The third-order valence-corrected chi connectivity index (χ3v) is 5.62. The number of aryl methyl sites for hydroxylation is 4. The molecule has 0 N–H and O–H groups in total. The Labute approximate surface area is 474 Å². The number of sulfone groups is 1. The SMILES string of the molecule is C.C.CC(C)(C(F)(F)F)C(F)(F)F.CC(C)(C)C.CC(C)=O.CCC.CCC.CCF.CF.COC.CS(C)(=O)=O.CSC.Cc1cc[c-]cc1.Cc1cc[c-]cc1.Cc1ccc(-c2ccc(C)cc2)cc1.[Y]. The van der Waals surface area contributed by atoms with E-state index >= 15 is 0 Å². The second-order valence-corrected chi connectivity index (χ2v) is 20.2. The van der Waals surface area contributed by atoms with Gasteiger partial charge in [-0.1, -0.05) is 157 Å². The number of ketones is 1. The smallest absolute Gasteiger partial charge is 0.388 e. The first-order chi connectivity index (χ1) is 31.8. The summed E-state index contributed by atoms with van der Waals surface area (Å²) in [5.74, 6) is 0.167. The van der Waals surface area contributed by atoms with Crippen molar-refractivity contribution in [3.63, 3.8) is 0 Å². The second kappa shape index (κ2) is 63.6. The van der Waals surface area contributed by atoms with E-state index in [4.69, 9.17) is 0 Å². The third-order valence-electron chi connectivity index (χ3n) is 5.62. The number of benzene rings is 4. The number of carbonyl (C=O) groups is 1. The van der Waals surface area contributed by atoms with Crippen LogP contribution in [0.4, 0.5) is 35.1 Å². The third kappa shape index (κ3) is 103. The molecule has 0 unspecified atom stereocenters. The number of hydrogen-bond acceptors (Lipinski definition) is 5. The summed E-state index contributed by atoms with van der Waals surface area (Å²) in [6, 6.07) is 38.9. The summed E-state index contributed by atoms with van der Waals surface area (Å²) in [7, 11) is 1.08. The van der Waals surface area contributed by atoms with Crippen molar-refractivity contribution in [2.45, 2.75) is 158 Å². The average Bonchev–Trinajstić information content (AvgIpc) is 3.20. The van der Waals surface area contributed by atoms with E-state index in [9.17, 15) is 48.3 Å². The van der Waals surface area contributed by atoms with Gasteiger partial charge in [-0.05, 0) is 77.5 Å². The van der Waals surface area contributed by atoms with Gasteiger partial charge in [-0.3, -0.25) is 8.78 Å². The largest absolute Gasteiger partial charge is 0.402 e. The van der Waals surface area contributed by atoms with Crippen LogP contribution in [0.15, 0.2) is 97.1 Å². The maximum Gasteiger partial charge on any atom is 0.402 e. The van der Waals surface area contributed by atoms with Gasteiger partial charge in [-0.25, -0.2) is 8.42 Å². The molecule has 431 valence electrons. The van der Waals surface area contributed by atoms with Crippen LogP contribution in [-0.4, -0.2) is 79.6 Å². The average molecular weight is 1170 g/mol.